The molecular formula is C25H30N8O4. The van der Waals surface area contributed by atoms with E-state index in [9.17, 15) is 10.1 Å². The van der Waals surface area contributed by atoms with Gasteiger partial charge in [-0.3, -0.25) is 10.1 Å². The fourth-order valence-corrected chi connectivity index (χ4v) is 3.82. The normalized spacial score (nSPS) is 13.4. The molecule has 12 heteroatoms. The van der Waals surface area contributed by atoms with E-state index in [2.05, 4.69) is 35.7 Å². The molecule has 2 heterocycles. The molecule has 2 aromatic carbocycles. The molecule has 1 aliphatic heterocycles. The van der Waals surface area contributed by atoms with Crippen LogP contribution in [0.5, 0.6) is 11.5 Å². The minimum Gasteiger partial charge on any atom is -0.494 e. The summed E-state index contributed by atoms with van der Waals surface area (Å²) >= 11 is 0. The number of benzene rings is 2. The van der Waals surface area contributed by atoms with Crippen molar-refractivity contribution in [3.8, 4) is 11.5 Å². The number of piperidine rings is 1. The zero-order chi connectivity index (χ0) is 26.0. The highest BCUT2D eigenvalue weighted by Gasteiger charge is 2.17. The number of nitro benzene ring substituents is 1. The third-order valence-corrected chi connectivity index (χ3v) is 5.56. The lowest BCUT2D eigenvalue weighted by atomic mass is 10.1. The number of nitro groups is 1. The van der Waals surface area contributed by atoms with Crippen molar-refractivity contribution in [1.29, 1.82) is 0 Å². The fourth-order valence-electron chi connectivity index (χ4n) is 3.82. The first-order valence-electron chi connectivity index (χ1n) is 12.3. The summed E-state index contributed by atoms with van der Waals surface area (Å²) in [5.41, 5.74) is 4.29. The molecule has 194 valence electrons. The standard InChI is InChI=1S/C25H30N8O4/c1-3-36-21-13-8-18(22(16-21)37-4-2)17-26-31-24-28-23(27-19-9-11-20(12-10-19)33(34)35)29-25(30-24)32-14-6-5-7-15-32/h8-13,16-17H,3-7,14-15H2,1-2H3,(H2,27,28,29,30,31)/b26-17-. The van der Waals surface area contributed by atoms with Crippen LogP contribution in [0.4, 0.5) is 29.2 Å². The number of non-ortho nitro benzene ring substituents is 1. The smallest absolute Gasteiger partial charge is 0.269 e. The molecule has 0 radical (unpaired) electrons. The zero-order valence-corrected chi connectivity index (χ0v) is 20.9. The number of ether oxygens (including phenoxy) is 2. The molecule has 1 fully saturated rings. The fraction of sp³-hybridized carbons (Fsp3) is 0.360. The summed E-state index contributed by atoms with van der Waals surface area (Å²) in [5.74, 6) is 2.48. The van der Waals surface area contributed by atoms with Gasteiger partial charge in [0, 0.05) is 42.5 Å². The number of hydrazone groups is 1. The van der Waals surface area contributed by atoms with Crippen LogP contribution in [0.25, 0.3) is 0 Å². The third-order valence-electron chi connectivity index (χ3n) is 5.56. The van der Waals surface area contributed by atoms with E-state index >= 15 is 0 Å². The molecule has 0 spiro atoms. The molecule has 12 nitrogen and oxygen atoms in total. The third kappa shape index (κ3) is 7.03. The van der Waals surface area contributed by atoms with Crippen LogP contribution < -0.4 is 25.1 Å². The highest BCUT2D eigenvalue weighted by Crippen LogP contribution is 2.25. The predicted molar refractivity (Wildman–Crippen MR) is 142 cm³/mol. The topological polar surface area (TPSA) is 140 Å². The van der Waals surface area contributed by atoms with Crippen molar-refractivity contribution >= 4 is 35.4 Å². The molecule has 1 aromatic heterocycles. The Morgan fingerprint density at radius 1 is 1.00 bits per heavy atom. The van der Waals surface area contributed by atoms with E-state index in [1.807, 2.05) is 32.0 Å². The van der Waals surface area contributed by atoms with E-state index in [0.717, 1.165) is 37.2 Å². The molecule has 0 amide bonds. The summed E-state index contributed by atoms with van der Waals surface area (Å²) in [7, 11) is 0. The lowest BCUT2D eigenvalue weighted by Gasteiger charge is -2.26. The Morgan fingerprint density at radius 3 is 2.43 bits per heavy atom. The van der Waals surface area contributed by atoms with Gasteiger partial charge in [-0.15, -0.1) is 0 Å². The number of anilines is 4. The SMILES string of the molecule is CCOc1ccc(/C=N\Nc2nc(Nc3ccc([N+](=O)[O-])cc3)nc(N3CCCCC3)n2)c(OCC)c1. The number of aromatic nitrogens is 3. The molecule has 4 rings (SSSR count). The van der Waals surface area contributed by atoms with Crippen LogP contribution in [-0.2, 0) is 0 Å². The van der Waals surface area contributed by atoms with E-state index in [1.165, 1.54) is 18.6 Å². The van der Waals surface area contributed by atoms with Crippen LogP contribution in [0.1, 0.15) is 38.7 Å². The molecule has 2 N–H and O–H groups in total. The molecular weight excluding hydrogens is 476 g/mol. The van der Waals surface area contributed by atoms with Crippen LogP contribution in [0.3, 0.4) is 0 Å². The maximum atomic E-state index is 11.0. The van der Waals surface area contributed by atoms with Gasteiger partial charge >= 0.3 is 0 Å². The summed E-state index contributed by atoms with van der Waals surface area (Å²) < 4.78 is 11.3. The first kappa shape index (κ1) is 25.6. The predicted octanol–water partition coefficient (Wildman–Crippen LogP) is 4.76. The molecule has 0 bridgehead atoms. The lowest BCUT2D eigenvalue weighted by Crippen LogP contribution is -2.31. The van der Waals surface area contributed by atoms with Crippen molar-refractivity contribution in [2.45, 2.75) is 33.1 Å². The molecule has 0 saturated carbocycles. The Bertz CT molecular complexity index is 1230. The molecule has 1 saturated heterocycles. The van der Waals surface area contributed by atoms with E-state index in [1.54, 1.807) is 18.3 Å². The van der Waals surface area contributed by atoms with Gasteiger partial charge in [-0.25, -0.2) is 5.43 Å². The minimum absolute atomic E-state index is 0.00704. The van der Waals surface area contributed by atoms with Gasteiger partial charge < -0.3 is 19.7 Å². The van der Waals surface area contributed by atoms with E-state index in [4.69, 9.17) is 9.47 Å². The molecule has 37 heavy (non-hydrogen) atoms. The van der Waals surface area contributed by atoms with Crippen molar-refractivity contribution in [1.82, 2.24) is 15.0 Å². The van der Waals surface area contributed by atoms with Gasteiger partial charge in [-0.05, 0) is 57.4 Å². The second-order valence-electron chi connectivity index (χ2n) is 8.19. The molecule has 0 unspecified atom stereocenters. The Kier molecular flexibility index (Phi) is 8.63. The molecule has 1 aliphatic rings. The minimum atomic E-state index is -0.442. The Morgan fingerprint density at radius 2 is 1.73 bits per heavy atom. The van der Waals surface area contributed by atoms with Crippen LogP contribution in [0.2, 0.25) is 0 Å². The lowest BCUT2D eigenvalue weighted by molar-refractivity contribution is -0.384. The summed E-state index contributed by atoms with van der Waals surface area (Å²) in [6, 6.07) is 11.6. The highest BCUT2D eigenvalue weighted by atomic mass is 16.6. The maximum Gasteiger partial charge on any atom is 0.269 e. The number of rotatable bonds is 11. The first-order valence-corrected chi connectivity index (χ1v) is 12.3. The average Bonchev–Trinajstić information content (AvgIpc) is 2.91. The molecule has 3 aromatic rings. The van der Waals surface area contributed by atoms with E-state index < -0.39 is 4.92 Å². The summed E-state index contributed by atoms with van der Waals surface area (Å²) in [6.45, 7) is 6.63. The highest BCUT2D eigenvalue weighted by molar-refractivity contribution is 5.84. The first-order chi connectivity index (χ1) is 18.1. The van der Waals surface area contributed by atoms with Crippen molar-refractivity contribution < 1.29 is 14.4 Å². The van der Waals surface area contributed by atoms with Gasteiger partial charge in [0.1, 0.15) is 11.5 Å². The zero-order valence-electron chi connectivity index (χ0n) is 20.9. The van der Waals surface area contributed by atoms with E-state index in [0.29, 0.717) is 36.5 Å². The van der Waals surface area contributed by atoms with Crippen molar-refractivity contribution in [3.05, 3.63) is 58.1 Å². The van der Waals surface area contributed by atoms with Crippen LogP contribution >= 0.6 is 0 Å². The maximum absolute atomic E-state index is 11.0. The van der Waals surface area contributed by atoms with Gasteiger partial charge in [0.2, 0.25) is 17.8 Å². The Labute approximate surface area is 214 Å². The summed E-state index contributed by atoms with van der Waals surface area (Å²) in [6.07, 6.45) is 4.94. The van der Waals surface area contributed by atoms with Crippen LogP contribution in [0, 0.1) is 10.1 Å². The molecule has 0 atom stereocenters. The Hall–Kier alpha value is -4.48. The Balaban J connectivity index is 1.56. The summed E-state index contributed by atoms with van der Waals surface area (Å²) in [5, 5.41) is 18.4. The molecule has 0 aliphatic carbocycles. The number of hydrogen-bond donors (Lipinski definition) is 2. The monoisotopic (exact) mass is 506 g/mol. The quantitative estimate of drug-likeness (QED) is 0.212. The van der Waals surface area contributed by atoms with Gasteiger partial charge in [0.05, 0.1) is 24.4 Å². The average molecular weight is 507 g/mol. The second-order valence-corrected chi connectivity index (χ2v) is 8.19. The largest absolute Gasteiger partial charge is 0.494 e. The van der Waals surface area contributed by atoms with Gasteiger partial charge in [-0.1, -0.05) is 0 Å². The van der Waals surface area contributed by atoms with Crippen molar-refractivity contribution in [2.75, 3.05) is 41.9 Å². The van der Waals surface area contributed by atoms with Gasteiger partial charge in [0.15, 0.2) is 0 Å². The van der Waals surface area contributed by atoms with Gasteiger partial charge in [0.25, 0.3) is 5.69 Å². The van der Waals surface area contributed by atoms with Crippen LogP contribution in [-0.4, -0.2) is 52.4 Å². The van der Waals surface area contributed by atoms with Crippen LogP contribution in [0.15, 0.2) is 47.6 Å². The van der Waals surface area contributed by atoms with Gasteiger partial charge in [-0.2, -0.15) is 20.1 Å². The van der Waals surface area contributed by atoms with Crippen molar-refractivity contribution in [3.63, 3.8) is 0 Å². The number of nitrogens with one attached hydrogen (secondary N) is 2. The second kappa shape index (κ2) is 12.5. The number of hydrogen-bond acceptors (Lipinski definition) is 11. The number of nitrogens with zero attached hydrogens (tertiary/aromatic N) is 6. The van der Waals surface area contributed by atoms with E-state index in [-0.39, 0.29) is 11.6 Å². The summed E-state index contributed by atoms with van der Waals surface area (Å²) in [4.78, 5) is 26.2. The van der Waals surface area contributed by atoms with Crippen molar-refractivity contribution in [2.24, 2.45) is 5.10 Å².